The van der Waals surface area contributed by atoms with Crippen LogP contribution < -0.4 is 0 Å². The summed E-state index contributed by atoms with van der Waals surface area (Å²) in [4.78, 5) is 0. The third-order valence-electron chi connectivity index (χ3n) is 1.66. The van der Waals surface area contributed by atoms with Gasteiger partial charge in [-0.2, -0.15) is 5.26 Å². The van der Waals surface area contributed by atoms with E-state index < -0.39 is 0 Å². The molecule has 0 aromatic rings. The van der Waals surface area contributed by atoms with E-state index in [2.05, 4.69) is 19.1 Å². The van der Waals surface area contributed by atoms with Crippen molar-refractivity contribution in [1.29, 1.82) is 5.26 Å². The largest absolute Gasteiger partial charge is 0.393 e. The van der Waals surface area contributed by atoms with Gasteiger partial charge in [0.05, 0.1) is 12.2 Å². The lowest BCUT2D eigenvalue weighted by atomic mass is 10.1. The summed E-state index contributed by atoms with van der Waals surface area (Å²) in [5, 5.41) is 17.5. The van der Waals surface area contributed by atoms with E-state index in [1.807, 2.05) is 6.07 Å². The Balaban J connectivity index is 3.26. The van der Waals surface area contributed by atoms with Crippen molar-refractivity contribution in [1.82, 2.24) is 0 Å². The minimum Gasteiger partial charge on any atom is -0.393 e. The van der Waals surface area contributed by atoms with Gasteiger partial charge in [-0.05, 0) is 25.7 Å². The quantitative estimate of drug-likeness (QED) is 0.617. The standard InChI is InChI=1S/C10H17NO/c1-2-3-4-5-7-10(12)8-6-9-11/h3-4,10,12H,2,5-8H2,1H3/b4-3-. The van der Waals surface area contributed by atoms with Crippen LogP contribution in [-0.2, 0) is 0 Å². The molecule has 1 N–H and O–H groups in total. The smallest absolute Gasteiger partial charge is 0.0622 e. The lowest BCUT2D eigenvalue weighted by Crippen LogP contribution is -2.04. The second-order valence-electron chi connectivity index (χ2n) is 2.81. The lowest BCUT2D eigenvalue weighted by Gasteiger charge is -2.04. The molecule has 0 bridgehead atoms. The van der Waals surface area contributed by atoms with Gasteiger partial charge in [0, 0.05) is 6.42 Å². The molecule has 0 aliphatic carbocycles. The average Bonchev–Trinajstić information content (AvgIpc) is 2.09. The van der Waals surface area contributed by atoms with Crippen LogP contribution in [0.4, 0.5) is 0 Å². The van der Waals surface area contributed by atoms with E-state index in [-0.39, 0.29) is 6.10 Å². The Bertz CT molecular complexity index is 158. The number of nitrogens with zero attached hydrogens (tertiary/aromatic N) is 1. The fraction of sp³-hybridized carbons (Fsp3) is 0.700. The highest BCUT2D eigenvalue weighted by Gasteiger charge is 2.00. The summed E-state index contributed by atoms with van der Waals surface area (Å²) in [6.07, 6.45) is 7.68. The maximum Gasteiger partial charge on any atom is 0.0622 e. The molecule has 12 heavy (non-hydrogen) atoms. The Morgan fingerprint density at radius 3 is 2.75 bits per heavy atom. The first-order valence-corrected chi connectivity index (χ1v) is 4.51. The van der Waals surface area contributed by atoms with Crippen LogP contribution in [-0.4, -0.2) is 11.2 Å². The Hall–Kier alpha value is -0.810. The molecule has 1 unspecified atom stereocenters. The first-order chi connectivity index (χ1) is 5.81. The predicted molar refractivity (Wildman–Crippen MR) is 49.5 cm³/mol. The molecule has 0 aliphatic heterocycles. The topological polar surface area (TPSA) is 44.0 Å². The highest BCUT2D eigenvalue weighted by atomic mass is 16.3. The summed E-state index contributed by atoms with van der Waals surface area (Å²) in [5.41, 5.74) is 0. The van der Waals surface area contributed by atoms with E-state index in [0.29, 0.717) is 12.8 Å². The van der Waals surface area contributed by atoms with Crippen LogP contribution in [0.15, 0.2) is 12.2 Å². The first-order valence-electron chi connectivity index (χ1n) is 4.51. The molecule has 2 heteroatoms. The molecular formula is C10H17NO. The molecule has 0 heterocycles. The van der Waals surface area contributed by atoms with Crippen LogP contribution in [0.3, 0.4) is 0 Å². The molecule has 0 spiro atoms. The number of rotatable bonds is 6. The van der Waals surface area contributed by atoms with Crippen LogP contribution >= 0.6 is 0 Å². The van der Waals surface area contributed by atoms with Crippen molar-refractivity contribution in [2.45, 2.75) is 45.1 Å². The third kappa shape index (κ3) is 7.30. The van der Waals surface area contributed by atoms with Gasteiger partial charge in [-0.3, -0.25) is 0 Å². The van der Waals surface area contributed by atoms with Crippen LogP contribution in [0.25, 0.3) is 0 Å². The van der Waals surface area contributed by atoms with Crippen molar-refractivity contribution in [3.05, 3.63) is 12.2 Å². The van der Waals surface area contributed by atoms with Crippen molar-refractivity contribution in [2.75, 3.05) is 0 Å². The Morgan fingerprint density at radius 1 is 1.42 bits per heavy atom. The van der Waals surface area contributed by atoms with Crippen molar-refractivity contribution < 1.29 is 5.11 Å². The highest BCUT2D eigenvalue weighted by molar-refractivity contribution is 4.81. The number of nitriles is 1. The predicted octanol–water partition coefficient (Wildman–Crippen LogP) is 2.40. The Kier molecular flexibility index (Phi) is 7.73. The molecule has 0 saturated carbocycles. The monoisotopic (exact) mass is 167 g/mol. The van der Waals surface area contributed by atoms with E-state index >= 15 is 0 Å². The van der Waals surface area contributed by atoms with Gasteiger partial charge in [0.1, 0.15) is 0 Å². The third-order valence-corrected chi connectivity index (χ3v) is 1.66. The molecule has 0 aromatic carbocycles. The molecule has 0 aromatic heterocycles. The summed E-state index contributed by atoms with van der Waals surface area (Å²) in [6.45, 7) is 2.09. The Morgan fingerprint density at radius 2 is 2.17 bits per heavy atom. The summed E-state index contributed by atoms with van der Waals surface area (Å²) in [5.74, 6) is 0. The zero-order valence-electron chi connectivity index (χ0n) is 7.66. The van der Waals surface area contributed by atoms with Gasteiger partial charge in [-0.1, -0.05) is 19.1 Å². The number of hydrogen-bond acceptors (Lipinski definition) is 2. The van der Waals surface area contributed by atoms with E-state index in [0.717, 1.165) is 19.3 Å². The van der Waals surface area contributed by atoms with Crippen LogP contribution in [0.1, 0.15) is 39.0 Å². The molecule has 0 saturated heterocycles. The molecule has 1 atom stereocenters. The summed E-state index contributed by atoms with van der Waals surface area (Å²) < 4.78 is 0. The Labute approximate surface area is 74.5 Å². The van der Waals surface area contributed by atoms with Crippen LogP contribution in [0.5, 0.6) is 0 Å². The van der Waals surface area contributed by atoms with Crippen molar-refractivity contribution >= 4 is 0 Å². The number of allylic oxidation sites excluding steroid dienone is 2. The van der Waals surface area contributed by atoms with Crippen molar-refractivity contribution in [3.8, 4) is 6.07 Å². The lowest BCUT2D eigenvalue weighted by molar-refractivity contribution is 0.157. The summed E-state index contributed by atoms with van der Waals surface area (Å²) >= 11 is 0. The van der Waals surface area contributed by atoms with Gasteiger partial charge in [-0.15, -0.1) is 0 Å². The SMILES string of the molecule is CC/C=C\CCC(O)CCC#N. The molecule has 68 valence electrons. The fourth-order valence-corrected chi connectivity index (χ4v) is 0.949. The summed E-state index contributed by atoms with van der Waals surface area (Å²) in [6, 6.07) is 2.02. The zero-order valence-corrected chi connectivity index (χ0v) is 7.66. The second kappa shape index (κ2) is 8.29. The van der Waals surface area contributed by atoms with E-state index in [1.54, 1.807) is 0 Å². The molecule has 0 fully saturated rings. The maximum absolute atomic E-state index is 9.29. The van der Waals surface area contributed by atoms with Gasteiger partial charge in [0.2, 0.25) is 0 Å². The van der Waals surface area contributed by atoms with Gasteiger partial charge < -0.3 is 5.11 Å². The first kappa shape index (κ1) is 11.2. The van der Waals surface area contributed by atoms with Crippen molar-refractivity contribution in [3.63, 3.8) is 0 Å². The molecule has 0 rings (SSSR count). The minimum atomic E-state index is -0.300. The fourth-order valence-electron chi connectivity index (χ4n) is 0.949. The highest BCUT2D eigenvalue weighted by Crippen LogP contribution is 2.04. The summed E-state index contributed by atoms with van der Waals surface area (Å²) in [7, 11) is 0. The number of aliphatic hydroxyl groups is 1. The van der Waals surface area contributed by atoms with Gasteiger partial charge >= 0.3 is 0 Å². The minimum absolute atomic E-state index is 0.300. The molecule has 0 radical (unpaired) electrons. The molecule has 0 amide bonds. The van der Waals surface area contributed by atoms with Crippen LogP contribution in [0.2, 0.25) is 0 Å². The maximum atomic E-state index is 9.29. The van der Waals surface area contributed by atoms with Crippen LogP contribution in [0, 0.1) is 11.3 Å². The molecule has 0 aliphatic rings. The van der Waals surface area contributed by atoms with Gasteiger partial charge in [0.15, 0.2) is 0 Å². The van der Waals surface area contributed by atoms with Crippen molar-refractivity contribution in [2.24, 2.45) is 0 Å². The normalized spacial score (nSPS) is 13.1. The van der Waals surface area contributed by atoms with E-state index in [1.165, 1.54) is 0 Å². The van der Waals surface area contributed by atoms with E-state index in [9.17, 15) is 5.11 Å². The number of hydrogen-bond donors (Lipinski definition) is 1. The van der Waals surface area contributed by atoms with Gasteiger partial charge in [0.25, 0.3) is 0 Å². The second-order valence-corrected chi connectivity index (χ2v) is 2.81. The van der Waals surface area contributed by atoms with Gasteiger partial charge in [-0.25, -0.2) is 0 Å². The average molecular weight is 167 g/mol. The zero-order chi connectivity index (χ0) is 9.23. The molecule has 2 nitrogen and oxygen atoms in total. The van der Waals surface area contributed by atoms with E-state index in [4.69, 9.17) is 5.26 Å². The number of aliphatic hydroxyl groups excluding tert-OH is 1. The molecular weight excluding hydrogens is 150 g/mol.